The van der Waals surface area contributed by atoms with Crippen molar-refractivity contribution in [1.82, 2.24) is 20.4 Å². The highest BCUT2D eigenvalue weighted by Gasteiger charge is 2.26. The van der Waals surface area contributed by atoms with Gasteiger partial charge in [-0.15, -0.1) is 0 Å². The number of anilines is 1. The van der Waals surface area contributed by atoms with E-state index in [9.17, 15) is 8.78 Å². The Kier molecular flexibility index (Phi) is 6.84. The summed E-state index contributed by atoms with van der Waals surface area (Å²) in [5.74, 6) is 0.877. The number of benzene rings is 2. The predicted molar refractivity (Wildman–Crippen MR) is 121 cm³/mol. The summed E-state index contributed by atoms with van der Waals surface area (Å²) in [5, 5.41) is 11.1. The topological polar surface area (TPSA) is 66.7 Å². The van der Waals surface area contributed by atoms with Gasteiger partial charge >= 0.3 is 6.61 Å². The van der Waals surface area contributed by atoms with E-state index in [2.05, 4.69) is 25.5 Å². The van der Waals surface area contributed by atoms with Crippen molar-refractivity contribution in [1.29, 1.82) is 0 Å². The third-order valence-corrected chi connectivity index (χ3v) is 5.29. The Morgan fingerprint density at radius 3 is 2.75 bits per heavy atom. The van der Waals surface area contributed by atoms with Crippen molar-refractivity contribution in [3.8, 4) is 11.4 Å². The van der Waals surface area contributed by atoms with Crippen molar-refractivity contribution < 1.29 is 13.5 Å². The summed E-state index contributed by atoms with van der Waals surface area (Å²) in [4.78, 5) is 6.36. The number of hydrogen-bond acceptors (Lipinski definition) is 4. The highest BCUT2D eigenvalue weighted by Crippen LogP contribution is 2.31. The van der Waals surface area contributed by atoms with E-state index in [0.29, 0.717) is 24.7 Å². The molecule has 0 spiro atoms. The maximum absolute atomic E-state index is 12.7. The monoisotopic (exact) mass is 440 g/mol. The Bertz CT molecular complexity index is 1040. The molecule has 0 saturated carbocycles. The summed E-state index contributed by atoms with van der Waals surface area (Å²) in [6.45, 7) is -0.867. The average molecular weight is 440 g/mol. The van der Waals surface area contributed by atoms with Crippen LogP contribution in [-0.2, 0) is 6.54 Å². The van der Waals surface area contributed by atoms with Crippen LogP contribution in [0, 0.1) is 0 Å². The number of guanidine groups is 1. The Hall–Kier alpha value is -3.62. The van der Waals surface area contributed by atoms with Gasteiger partial charge in [-0.1, -0.05) is 30.3 Å². The van der Waals surface area contributed by atoms with Gasteiger partial charge in [0.1, 0.15) is 5.75 Å². The lowest BCUT2D eigenvalue weighted by Crippen LogP contribution is -2.44. The maximum atomic E-state index is 12.7. The molecular formula is C23H26F2N6O. The van der Waals surface area contributed by atoms with E-state index >= 15 is 0 Å². The van der Waals surface area contributed by atoms with Gasteiger partial charge in [0.2, 0.25) is 0 Å². The molecule has 0 amide bonds. The first-order chi connectivity index (χ1) is 15.6. The zero-order valence-corrected chi connectivity index (χ0v) is 17.8. The van der Waals surface area contributed by atoms with E-state index < -0.39 is 6.61 Å². The molecule has 1 aromatic heterocycles. The molecule has 1 fully saturated rings. The normalized spacial score (nSPS) is 16.4. The Labute approximate surface area is 185 Å². The molecule has 0 bridgehead atoms. The molecular weight excluding hydrogens is 414 g/mol. The number of rotatable bonds is 7. The summed E-state index contributed by atoms with van der Waals surface area (Å²) in [6, 6.07) is 16.9. The van der Waals surface area contributed by atoms with E-state index in [0.717, 1.165) is 24.2 Å². The van der Waals surface area contributed by atoms with Gasteiger partial charge in [0.15, 0.2) is 5.96 Å². The van der Waals surface area contributed by atoms with Gasteiger partial charge in [0, 0.05) is 44.5 Å². The number of para-hydroxylation sites is 3. The molecule has 9 heteroatoms. The molecule has 1 unspecified atom stereocenters. The highest BCUT2D eigenvalue weighted by molar-refractivity contribution is 5.80. The zero-order chi connectivity index (χ0) is 22.3. The van der Waals surface area contributed by atoms with E-state index in [1.54, 1.807) is 25.2 Å². The van der Waals surface area contributed by atoms with Crippen molar-refractivity contribution in [3.63, 3.8) is 0 Å². The first kappa shape index (κ1) is 21.6. The fourth-order valence-electron chi connectivity index (χ4n) is 3.76. The lowest BCUT2D eigenvalue weighted by Gasteiger charge is -2.22. The summed E-state index contributed by atoms with van der Waals surface area (Å²) >= 11 is 0. The van der Waals surface area contributed by atoms with Crippen LogP contribution in [0.15, 0.2) is 72.0 Å². The van der Waals surface area contributed by atoms with E-state index in [-0.39, 0.29) is 11.8 Å². The number of hydrogen-bond donors (Lipinski definition) is 2. The molecule has 2 aromatic carbocycles. The highest BCUT2D eigenvalue weighted by atomic mass is 19.3. The minimum absolute atomic E-state index is 0.132. The molecule has 1 saturated heterocycles. The molecule has 32 heavy (non-hydrogen) atoms. The second-order valence-electron chi connectivity index (χ2n) is 7.48. The smallest absolute Gasteiger partial charge is 0.387 e. The summed E-state index contributed by atoms with van der Waals surface area (Å²) in [5.41, 5.74) is 2.71. The maximum Gasteiger partial charge on any atom is 0.387 e. The van der Waals surface area contributed by atoms with Crippen molar-refractivity contribution >= 4 is 11.6 Å². The van der Waals surface area contributed by atoms with Crippen LogP contribution in [0.5, 0.6) is 5.75 Å². The first-order valence-corrected chi connectivity index (χ1v) is 10.5. The standard InChI is InChI=1S/C23H26F2N6O/c1-26-23(27-13-17-14-28-31(15-17)19-7-3-2-4-8-19)29-18-11-12-30(16-18)20-9-5-6-10-21(20)32-22(24)25/h2-10,14-15,18,22H,11-13,16H2,1H3,(H2,26,27,29). The third-order valence-electron chi connectivity index (χ3n) is 5.29. The van der Waals surface area contributed by atoms with E-state index in [1.807, 2.05) is 58.4 Å². The molecule has 1 atom stereocenters. The van der Waals surface area contributed by atoms with Gasteiger partial charge in [0.25, 0.3) is 0 Å². The van der Waals surface area contributed by atoms with Crippen LogP contribution < -0.4 is 20.3 Å². The van der Waals surface area contributed by atoms with Crippen molar-refractivity contribution in [3.05, 3.63) is 72.6 Å². The number of aromatic nitrogens is 2. The number of nitrogens with zero attached hydrogens (tertiary/aromatic N) is 4. The number of ether oxygens (including phenoxy) is 1. The van der Waals surface area contributed by atoms with Gasteiger partial charge in [-0.2, -0.15) is 13.9 Å². The lowest BCUT2D eigenvalue weighted by molar-refractivity contribution is -0.0495. The Morgan fingerprint density at radius 2 is 1.97 bits per heavy atom. The molecule has 168 valence electrons. The van der Waals surface area contributed by atoms with Crippen molar-refractivity contribution in [2.75, 3.05) is 25.0 Å². The molecule has 2 heterocycles. The zero-order valence-electron chi connectivity index (χ0n) is 17.8. The molecule has 3 aromatic rings. The third kappa shape index (κ3) is 5.35. The van der Waals surface area contributed by atoms with Crippen LogP contribution in [0.3, 0.4) is 0 Å². The molecule has 4 rings (SSSR count). The Balaban J connectivity index is 1.31. The van der Waals surface area contributed by atoms with Crippen LogP contribution >= 0.6 is 0 Å². The van der Waals surface area contributed by atoms with E-state index in [4.69, 9.17) is 0 Å². The number of aliphatic imine (C=N–C) groups is 1. The average Bonchev–Trinajstić information content (AvgIpc) is 3.47. The van der Waals surface area contributed by atoms with Crippen LogP contribution in [0.1, 0.15) is 12.0 Å². The molecule has 7 nitrogen and oxygen atoms in total. The summed E-state index contributed by atoms with van der Waals surface area (Å²) in [6.07, 6.45) is 4.66. The second-order valence-corrected chi connectivity index (χ2v) is 7.48. The van der Waals surface area contributed by atoms with Gasteiger partial charge in [-0.25, -0.2) is 4.68 Å². The Morgan fingerprint density at radius 1 is 1.19 bits per heavy atom. The minimum atomic E-state index is -2.85. The van der Waals surface area contributed by atoms with Crippen molar-refractivity contribution in [2.45, 2.75) is 25.6 Å². The number of nitrogens with one attached hydrogen (secondary N) is 2. The van der Waals surface area contributed by atoms with Crippen LogP contribution in [0.4, 0.5) is 14.5 Å². The molecule has 2 N–H and O–H groups in total. The fraction of sp³-hybridized carbons (Fsp3) is 0.304. The minimum Gasteiger partial charge on any atom is -0.433 e. The van der Waals surface area contributed by atoms with Gasteiger partial charge < -0.3 is 20.3 Å². The molecule has 0 aliphatic carbocycles. The van der Waals surface area contributed by atoms with Gasteiger partial charge in [-0.3, -0.25) is 4.99 Å². The lowest BCUT2D eigenvalue weighted by atomic mass is 10.2. The fourth-order valence-corrected chi connectivity index (χ4v) is 3.76. The van der Waals surface area contributed by atoms with Crippen molar-refractivity contribution in [2.24, 2.45) is 4.99 Å². The van der Waals surface area contributed by atoms with Crippen LogP contribution in [0.2, 0.25) is 0 Å². The van der Waals surface area contributed by atoms with Gasteiger partial charge in [0.05, 0.1) is 17.6 Å². The SMILES string of the molecule is CN=C(NCc1cnn(-c2ccccc2)c1)NC1CCN(c2ccccc2OC(F)F)C1. The quantitative estimate of drug-likeness (QED) is 0.435. The van der Waals surface area contributed by atoms with Gasteiger partial charge in [-0.05, 0) is 30.7 Å². The molecule has 1 aliphatic rings. The largest absolute Gasteiger partial charge is 0.433 e. The molecule has 1 aliphatic heterocycles. The van der Waals surface area contributed by atoms with E-state index in [1.165, 1.54) is 0 Å². The summed E-state index contributed by atoms with van der Waals surface area (Å²) in [7, 11) is 1.72. The molecule has 0 radical (unpaired) electrons. The number of halogens is 2. The van der Waals surface area contributed by atoms with Crippen LogP contribution in [0.25, 0.3) is 5.69 Å². The van der Waals surface area contributed by atoms with Crippen LogP contribution in [-0.4, -0.2) is 48.5 Å². The number of alkyl halides is 2. The predicted octanol–water partition coefficient (Wildman–Crippen LogP) is 3.42. The first-order valence-electron chi connectivity index (χ1n) is 10.5. The second kappa shape index (κ2) is 10.1. The summed E-state index contributed by atoms with van der Waals surface area (Å²) < 4.78 is 32.0.